The van der Waals surface area contributed by atoms with Crippen LogP contribution in [0.4, 0.5) is 11.4 Å². The summed E-state index contributed by atoms with van der Waals surface area (Å²) in [4.78, 5) is 18.6. The van der Waals surface area contributed by atoms with E-state index < -0.39 is 4.08 Å². The first kappa shape index (κ1) is 22.5. The monoisotopic (exact) mass is 498 g/mol. The first-order valence-corrected chi connectivity index (χ1v) is 13.4. The molecule has 5 rings (SSSR count). The number of nitrogens with zero attached hydrogens (tertiary/aromatic N) is 4. The molecule has 1 fully saturated rings. The van der Waals surface area contributed by atoms with Gasteiger partial charge in [0.1, 0.15) is 0 Å². The first-order valence-electron chi connectivity index (χ1n) is 11.1. The summed E-state index contributed by atoms with van der Waals surface area (Å²) in [6.07, 6.45) is 3.62. The lowest BCUT2D eigenvalue weighted by atomic mass is 10.1. The average molecular weight is 499 g/mol. The lowest BCUT2D eigenvalue weighted by Gasteiger charge is -2.31. The fraction of sp³-hybridized carbons (Fsp3) is 0.375. The lowest BCUT2D eigenvalue weighted by molar-refractivity contribution is -0.277. The molecule has 1 amide bonds. The van der Waals surface area contributed by atoms with Crippen molar-refractivity contribution >= 4 is 63.3 Å². The Morgan fingerprint density at radius 1 is 1.09 bits per heavy atom. The van der Waals surface area contributed by atoms with Gasteiger partial charge in [-0.05, 0) is 67.5 Å². The van der Waals surface area contributed by atoms with Crippen molar-refractivity contribution in [2.75, 3.05) is 23.0 Å². The van der Waals surface area contributed by atoms with Crippen LogP contribution in [0.15, 0.2) is 42.5 Å². The van der Waals surface area contributed by atoms with Crippen molar-refractivity contribution in [3.63, 3.8) is 0 Å². The molecule has 1 spiro atoms. The number of rotatable bonds is 6. The van der Waals surface area contributed by atoms with E-state index in [9.17, 15) is 15.3 Å². The molecule has 2 aromatic carbocycles. The number of anilines is 1. The molecule has 0 bridgehead atoms. The topological polar surface area (TPSA) is 76.4 Å². The summed E-state index contributed by atoms with van der Waals surface area (Å²) in [6.45, 7) is 1.19. The number of benzene rings is 2. The predicted octanol–water partition coefficient (Wildman–Crippen LogP) is 6.09. The highest BCUT2D eigenvalue weighted by molar-refractivity contribution is 8.19. The van der Waals surface area contributed by atoms with E-state index in [2.05, 4.69) is 4.98 Å². The van der Waals surface area contributed by atoms with Gasteiger partial charge in [-0.2, -0.15) is 0 Å². The van der Waals surface area contributed by atoms with Crippen LogP contribution in [0, 0.1) is 5.39 Å². The van der Waals surface area contributed by atoms with E-state index in [1.807, 2.05) is 41.3 Å². The van der Waals surface area contributed by atoms with Gasteiger partial charge in [-0.15, -0.1) is 23.5 Å². The van der Waals surface area contributed by atoms with Crippen LogP contribution < -0.4 is 10.0 Å². The summed E-state index contributed by atoms with van der Waals surface area (Å²) in [5, 5.41) is 23.2. The summed E-state index contributed by atoms with van der Waals surface area (Å²) >= 11 is 9.75. The number of carbonyl (C=O) groups excluding carboxylic acids is 1. The number of amides is 1. The summed E-state index contributed by atoms with van der Waals surface area (Å²) in [6, 6.07) is 13.1. The quantitative estimate of drug-likeness (QED) is 0.303. The van der Waals surface area contributed by atoms with Crippen molar-refractivity contribution in [2.24, 2.45) is 0 Å². The van der Waals surface area contributed by atoms with E-state index in [-0.39, 0.29) is 17.5 Å². The number of para-hydroxylation sites is 1. The minimum atomic E-state index is -0.565. The molecule has 0 atom stereocenters. The number of halogens is 1. The number of hydrogen-bond donors (Lipinski definition) is 0. The molecule has 0 saturated carbocycles. The van der Waals surface area contributed by atoms with Gasteiger partial charge in [0.05, 0.1) is 16.8 Å². The smallest absolute Gasteiger partial charge is 0.402 e. The van der Waals surface area contributed by atoms with Crippen molar-refractivity contribution < 1.29 is 9.90 Å². The molecule has 1 aromatic heterocycles. The number of diazo groups is 1. The third-order valence-corrected chi connectivity index (χ3v) is 9.82. The Morgan fingerprint density at radius 2 is 1.85 bits per heavy atom. The van der Waals surface area contributed by atoms with Crippen LogP contribution >= 0.6 is 35.1 Å². The van der Waals surface area contributed by atoms with Gasteiger partial charge in [0, 0.05) is 29.4 Å². The van der Waals surface area contributed by atoms with Gasteiger partial charge in [-0.25, -0.2) is 0 Å². The van der Waals surface area contributed by atoms with Crippen LogP contribution in [0.2, 0.25) is 5.02 Å². The Balaban J connectivity index is 1.26. The predicted molar refractivity (Wildman–Crippen MR) is 135 cm³/mol. The van der Waals surface area contributed by atoms with E-state index in [1.165, 1.54) is 0 Å². The number of unbranched alkanes of at least 4 members (excludes halogenated alkanes) is 2. The van der Waals surface area contributed by atoms with Crippen molar-refractivity contribution in [3.8, 4) is 5.88 Å². The standard InChI is InChI=1S/C24H23ClN4O2S2/c25-16-9-10-20-18(15-16)24(32-13-6-14-33-24)23(31)29(20)12-5-1-4-11-28-19-8-3-2-7-17(19)21(27-26)22(28)30/h2-3,7-10,15H,1,4-6,11-14H2. The molecule has 0 radical (unpaired) electrons. The molecule has 33 heavy (non-hydrogen) atoms. The van der Waals surface area contributed by atoms with Gasteiger partial charge in [0.25, 0.3) is 5.91 Å². The zero-order valence-corrected chi connectivity index (χ0v) is 20.4. The van der Waals surface area contributed by atoms with Gasteiger partial charge in [0.2, 0.25) is 5.39 Å². The molecular formula is C24H23ClN4O2S2. The van der Waals surface area contributed by atoms with Gasteiger partial charge >= 0.3 is 5.69 Å². The molecule has 2 aliphatic rings. The highest BCUT2D eigenvalue weighted by Crippen LogP contribution is 2.58. The largest absolute Gasteiger partial charge is 0.854 e. The number of hydrogen-bond acceptors (Lipinski definition) is 5. The molecule has 0 N–H and O–H groups in total. The minimum Gasteiger partial charge on any atom is -0.854 e. The summed E-state index contributed by atoms with van der Waals surface area (Å²) in [5.41, 5.74) is 2.88. The Bertz CT molecular complexity index is 1260. The molecule has 3 heterocycles. The molecular weight excluding hydrogens is 476 g/mol. The highest BCUT2D eigenvalue weighted by Gasteiger charge is 2.52. The van der Waals surface area contributed by atoms with Crippen LogP contribution in [-0.4, -0.2) is 28.5 Å². The molecule has 0 unspecified atom stereocenters. The van der Waals surface area contributed by atoms with Gasteiger partial charge < -0.3 is 14.6 Å². The molecule has 9 heteroatoms. The maximum atomic E-state index is 13.5. The number of fused-ring (bicyclic) bond motifs is 3. The van der Waals surface area contributed by atoms with Crippen molar-refractivity contribution in [3.05, 3.63) is 58.0 Å². The zero-order valence-electron chi connectivity index (χ0n) is 18.0. The van der Waals surface area contributed by atoms with E-state index in [0.717, 1.165) is 54.0 Å². The van der Waals surface area contributed by atoms with Crippen LogP contribution in [0.25, 0.3) is 15.9 Å². The Labute approximate surface area is 205 Å². The number of thioether (sulfide) groups is 2. The Hall–Kier alpha value is -2.34. The maximum absolute atomic E-state index is 13.5. The summed E-state index contributed by atoms with van der Waals surface area (Å²) in [7, 11) is 0. The molecule has 170 valence electrons. The summed E-state index contributed by atoms with van der Waals surface area (Å²) in [5.74, 6) is 1.83. The minimum absolute atomic E-state index is 0.0938. The van der Waals surface area contributed by atoms with Crippen LogP contribution in [-0.2, 0) is 15.4 Å². The summed E-state index contributed by atoms with van der Waals surface area (Å²) < 4.78 is 1.11. The van der Waals surface area contributed by atoms with E-state index in [1.54, 1.807) is 34.2 Å². The van der Waals surface area contributed by atoms with E-state index in [4.69, 9.17) is 11.6 Å². The number of aromatic nitrogens is 1. The average Bonchev–Trinajstić information content (AvgIpc) is 3.23. The second-order valence-corrected chi connectivity index (χ2v) is 11.6. The zero-order chi connectivity index (χ0) is 23.0. The second kappa shape index (κ2) is 9.13. The Kier molecular flexibility index (Phi) is 6.21. The fourth-order valence-electron chi connectivity index (χ4n) is 4.74. The highest BCUT2D eigenvalue weighted by atomic mass is 35.5. The van der Waals surface area contributed by atoms with Crippen molar-refractivity contribution in [1.29, 1.82) is 5.39 Å². The second-order valence-electron chi connectivity index (χ2n) is 8.27. The molecule has 0 aliphatic carbocycles. The third-order valence-electron chi connectivity index (χ3n) is 6.29. The van der Waals surface area contributed by atoms with E-state index in [0.29, 0.717) is 23.5 Å². The van der Waals surface area contributed by atoms with Crippen LogP contribution in [0.3, 0.4) is 0 Å². The van der Waals surface area contributed by atoms with E-state index >= 15 is 0 Å². The third kappa shape index (κ3) is 3.76. The van der Waals surface area contributed by atoms with Crippen molar-refractivity contribution in [2.45, 2.75) is 36.3 Å². The number of aryl methyl sites for hydroxylation is 1. The fourth-order valence-corrected chi connectivity index (χ4v) is 8.19. The van der Waals surface area contributed by atoms with Crippen LogP contribution in [0.1, 0.15) is 31.2 Å². The van der Waals surface area contributed by atoms with Gasteiger partial charge in [-0.3, -0.25) is 4.79 Å². The van der Waals surface area contributed by atoms with Gasteiger partial charge in [0.15, 0.2) is 9.06 Å². The molecule has 6 nitrogen and oxygen atoms in total. The number of carbonyl (C=O) groups is 1. The van der Waals surface area contributed by atoms with Gasteiger partial charge in [-0.1, -0.05) is 23.7 Å². The molecule has 2 aliphatic heterocycles. The van der Waals surface area contributed by atoms with Crippen molar-refractivity contribution in [1.82, 2.24) is 4.57 Å². The SMILES string of the molecule is N#[N+]c1c([O-])n(CCCCCN2C(=O)C3(SCCCS3)c3cc(Cl)ccc32)c2ccccc12. The molecule has 3 aromatic rings. The normalized spacial score (nSPS) is 17.0. The maximum Gasteiger partial charge on any atom is 0.402 e. The molecule has 1 saturated heterocycles. The van der Waals surface area contributed by atoms with Crippen LogP contribution in [0.5, 0.6) is 5.88 Å². The lowest BCUT2D eigenvalue weighted by Crippen LogP contribution is -2.38. The Morgan fingerprint density at radius 3 is 2.64 bits per heavy atom. The first-order chi connectivity index (χ1) is 16.1.